The van der Waals surface area contributed by atoms with Crippen LogP contribution in [0.25, 0.3) is 0 Å². The zero-order chi connectivity index (χ0) is 18.5. The standard InChI is InChI=1S/C19H33NO3SSi/c1-5-15-25(4,23-14-13-20(6-2)7-3)17-24-19(21)16-22-18-11-9-8-10-12-18/h8-12H,5-7,13-17H2,1-4H3. The Bertz CT molecular complexity index is 485. The van der Waals surface area contributed by atoms with Gasteiger partial charge in [-0.25, -0.2) is 0 Å². The third kappa shape index (κ3) is 9.44. The highest BCUT2D eigenvalue weighted by Gasteiger charge is 2.29. The summed E-state index contributed by atoms with van der Waals surface area (Å²) in [4.78, 5) is 14.5. The third-order valence-corrected chi connectivity index (χ3v) is 10.1. The minimum Gasteiger partial charge on any atom is -0.485 e. The van der Waals surface area contributed by atoms with Gasteiger partial charge in [0, 0.05) is 18.5 Å². The monoisotopic (exact) mass is 383 g/mol. The maximum Gasteiger partial charge on any atom is 0.226 e. The summed E-state index contributed by atoms with van der Waals surface area (Å²) in [7, 11) is -1.85. The average Bonchev–Trinajstić information content (AvgIpc) is 2.63. The van der Waals surface area contributed by atoms with Gasteiger partial charge in [-0.05, 0) is 37.8 Å². The number of hydrogen-bond acceptors (Lipinski definition) is 5. The molecule has 0 saturated heterocycles. The fraction of sp³-hybridized carbons (Fsp3) is 0.632. The number of likely N-dealkylation sites (N-methyl/N-ethyl adjacent to an activating group) is 1. The number of nitrogens with zero attached hydrogens (tertiary/aromatic N) is 1. The molecule has 0 heterocycles. The van der Waals surface area contributed by atoms with Gasteiger partial charge in [-0.3, -0.25) is 4.79 Å². The lowest BCUT2D eigenvalue weighted by Gasteiger charge is -2.28. The lowest BCUT2D eigenvalue weighted by molar-refractivity contribution is -0.112. The molecule has 0 bridgehead atoms. The van der Waals surface area contributed by atoms with Gasteiger partial charge in [0.15, 0.2) is 14.9 Å². The molecule has 1 rings (SSSR count). The van der Waals surface area contributed by atoms with Crippen LogP contribution in [0.15, 0.2) is 30.3 Å². The number of carbonyl (C=O) groups is 1. The summed E-state index contributed by atoms with van der Waals surface area (Å²) in [5, 5.41) is 0.877. The molecule has 4 nitrogen and oxygen atoms in total. The minimum atomic E-state index is -1.85. The predicted octanol–water partition coefficient (Wildman–Crippen LogP) is 4.21. The molecule has 0 spiro atoms. The van der Waals surface area contributed by atoms with Gasteiger partial charge in [-0.15, -0.1) is 0 Å². The van der Waals surface area contributed by atoms with Crippen molar-refractivity contribution in [3.05, 3.63) is 30.3 Å². The molecule has 142 valence electrons. The summed E-state index contributed by atoms with van der Waals surface area (Å²) >= 11 is 1.37. The normalized spacial score (nSPS) is 13.6. The highest BCUT2D eigenvalue weighted by molar-refractivity contribution is 8.14. The van der Waals surface area contributed by atoms with E-state index in [0.717, 1.165) is 49.8 Å². The maximum atomic E-state index is 12.1. The highest BCUT2D eigenvalue weighted by atomic mass is 32.2. The fourth-order valence-electron chi connectivity index (χ4n) is 2.61. The van der Waals surface area contributed by atoms with Gasteiger partial charge >= 0.3 is 0 Å². The van der Waals surface area contributed by atoms with Gasteiger partial charge in [-0.1, -0.05) is 57.2 Å². The molecule has 0 aromatic heterocycles. The quantitative estimate of drug-likeness (QED) is 0.477. The van der Waals surface area contributed by atoms with Gasteiger partial charge in [0.25, 0.3) is 0 Å². The van der Waals surface area contributed by atoms with E-state index in [1.165, 1.54) is 11.8 Å². The Morgan fingerprint density at radius 1 is 1.16 bits per heavy atom. The molecule has 0 N–H and O–H groups in total. The van der Waals surface area contributed by atoms with Crippen molar-refractivity contribution in [1.82, 2.24) is 4.90 Å². The van der Waals surface area contributed by atoms with E-state index in [9.17, 15) is 4.79 Å². The van der Waals surface area contributed by atoms with Crippen molar-refractivity contribution < 1.29 is 14.0 Å². The van der Waals surface area contributed by atoms with E-state index in [1.807, 2.05) is 30.3 Å². The molecule has 0 aliphatic rings. The molecular weight excluding hydrogens is 350 g/mol. The van der Waals surface area contributed by atoms with Crippen LogP contribution in [0.5, 0.6) is 5.75 Å². The van der Waals surface area contributed by atoms with E-state index in [1.54, 1.807) is 0 Å². The van der Waals surface area contributed by atoms with Gasteiger partial charge in [0.1, 0.15) is 5.75 Å². The average molecular weight is 384 g/mol. The molecular formula is C19H33NO3SSi. The first-order valence-corrected chi connectivity index (χ1v) is 13.0. The van der Waals surface area contributed by atoms with Crippen LogP contribution in [0.3, 0.4) is 0 Å². The van der Waals surface area contributed by atoms with Crippen molar-refractivity contribution in [2.24, 2.45) is 0 Å². The van der Waals surface area contributed by atoms with E-state index in [4.69, 9.17) is 9.16 Å². The van der Waals surface area contributed by atoms with Gasteiger partial charge in [0.05, 0.1) is 0 Å². The topological polar surface area (TPSA) is 38.8 Å². The first kappa shape index (κ1) is 22.2. The van der Waals surface area contributed by atoms with E-state index in [-0.39, 0.29) is 11.7 Å². The van der Waals surface area contributed by atoms with E-state index >= 15 is 0 Å². The second-order valence-corrected chi connectivity index (χ2v) is 11.9. The first-order valence-electron chi connectivity index (χ1n) is 9.22. The van der Waals surface area contributed by atoms with Crippen molar-refractivity contribution in [1.29, 1.82) is 0 Å². The van der Waals surface area contributed by atoms with Crippen molar-refractivity contribution in [2.75, 3.05) is 38.2 Å². The summed E-state index contributed by atoms with van der Waals surface area (Å²) in [6.07, 6.45) is 1.10. The molecule has 0 fully saturated rings. The van der Waals surface area contributed by atoms with Gasteiger partial charge in [0.2, 0.25) is 5.12 Å². The molecule has 0 amide bonds. The Balaban J connectivity index is 2.37. The number of benzene rings is 1. The molecule has 0 aliphatic heterocycles. The van der Waals surface area contributed by atoms with Gasteiger partial charge in [-0.2, -0.15) is 0 Å². The van der Waals surface area contributed by atoms with Crippen molar-refractivity contribution in [3.8, 4) is 5.75 Å². The summed E-state index contributed by atoms with van der Waals surface area (Å²) in [6.45, 7) is 12.7. The molecule has 0 saturated carbocycles. The van der Waals surface area contributed by atoms with Crippen molar-refractivity contribution >= 4 is 25.2 Å². The summed E-state index contributed by atoms with van der Waals surface area (Å²) in [5.74, 6) is 0.737. The largest absolute Gasteiger partial charge is 0.485 e. The summed E-state index contributed by atoms with van der Waals surface area (Å²) in [5.41, 5.74) is 0. The predicted molar refractivity (Wildman–Crippen MR) is 110 cm³/mol. The molecule has 25 heavy (non-hydrogen) atoms. The lowest BCUT2D eigenvalue weighted by Crippen LogP contribution is -2.41. The number of thioether (sulfide) groups is 1. The van der Waals surface area contributed by atoms with E-state index in [2.05, 4.69) is 32.2 Å². The van der Waals surface area contributed by atoms with Crippen molar-refractivity contribution in [3.63, 3.8) is 0 Å². The van der Waals surface area contributed by atoms with Crippen LogP contribution in [0, 0.1) is 0 Å². The molecule has 0 aliphatic carbocycles. The van der Waals surface area contributed by atoms with Crippen molar-refractivity contribution in [2.45, 2.75) is 39.8 Å². The Kier molecular flexibility index (Phi) is 11.1. The van der Waals surface area contributed by atoms with E-state index in [0.29, 0.717) is 0 Å². The fourth-order valence-corrected chi connectivity index (χ4v) is 7.31. The van der Waals surface area contributed by atoms with Crippen LogP contribution in [0.4, 0.5) is 0 Å². The number of hydrogen-bond donors (Lipinski definition) is 0. The Labute approximate surface area is 158 Å². The Morgan fingerprint density at radius 2 is 1.84 bits per heavy atom. The SMILES string of the molecule is CCC[Si](C)(CSC(=O)COc1ccccc1)OCCN(CC)CC. The van der Waals surface area contributed by atoms with Crippen LogP contribution in [0.1, 0.15) is 27.2 Å². The van der Waals surface area contributed by atoms with Crippen LogP contribution in [-0.2, 0) is 9.22 Å². The molecule has 1 aromatic carbocycles. The summed E-state index contributed by atoms with van der Waals surface area (Å²) < 4.78 is 11.8. The smallest absolute Gasteiger partial charge is 0.226 e. The molecule has 0 radical (unpaired) electrons. The third-order valence-electron chi connectivity index (χ3n) is 4.17. The number of ether oxygens (including phenoxy) is 1. The van der Waals surface area contributed by atoms with Crippen LogP contribution in [-0.4, -0.2) is 56.6 Å². The zero-order valence-corrected chi connectivity index (χ0v) is 17.9. The Morgan fingerprint density at radius 3 is 2.44 bits per heavy atom. The Hall–Kier alpha value is -0.823. The van der Waals surface area contributed by atoms with E-state index < -0.39 is 8.32 Å². The minimum absolute atomic E-state index is 0.0750. The zero-order valence-electron chi connectivity index (χ0n) is 16.1. The highest BCUT2D eigenvalue weighted by Crippen LogP contribution is 2.21. The first-order chi connectivity index (χ1) is 12.0. The number of rotatable bonds is 13. The van der Waals surface area contributed by atoms with Gasteiger partial charge < -0.3 is 14.1 Å². The second kappa shape index (κ2) is 12.5. The molecule has 6 heteroatoms. The maximum absolute atomic E-state index is 12.1. The van der Waals surface area contributed by atoms with Crippen LogP contribution < -0.4 is 4.74 Å². The van der Waals surface area contributed by atoms with Crippen LogP contribution in [0.2, 0.25) is 12.6 Å². The number of carbonyl (C=O) groups excluding carboxylic acids is 1. The molecule has 1 aromatic rings. The van der Waals surface area contributed by atoms with Crippen LogP contribution >= 0.6 is 11.8 Å². The number of para-hydroxylation sites is 1. The molecule has 1 atom stereocenters. The second-order valence-electron chi connectivity index (χ2n) is 6.34. The lowest BCUT2D eigenvalue weighted by atomic mass is 10.3. The molecule has 1 unspecified atom stereocenters. The summed E-state index contributed by atoms with van der Waals surface area (Å²) in [6, 6.07) is 10.6.